The molecule has 0 unspecified atom stereocenters. The molecule has 2 heterocycles. The first kappa shape index (κ1) is 36.7. The van der Waals surface area contributed by atoms with Crippen molar-refractivity contribution in [3.05, 3.63) is 153 Å². The van der Waals surface area contributed by atoms with Crippen molar-refractivity contribution in [3.63, 3.8) is 0 Å². The Kier molecular flexibility index (Phi) is 9.98. The van der Waals surface area contributed by atoms with Crippen LogP contribution in [0.1, 0.15) is 50.2 Å². The summed E-state index contributed by atoms with van der Waals surface area (Å²) in [5.41, 5.74) is 11.5. The lowest BCUT2D eigenvalue weighted by atomic mass is 9.96. The maximum absolute atomic E-state index is 16.6. The Labute approximate surface area is 300 Å². The lowest BCUT2D eigenvalue weighted by Gasteiger charge is -2.21. The van der Waals surface area contributed by atoms with Crippen molar-refractivity contribution in [2.75, 3.05) is 6.61 Å². The third-order valence-electron chi connectivity index (χ3n) is 8.93. The molecule has 0 fully saturated rings. The van der Waals surface area contributed by atoms with Crippen LogP contribution in [0.25, 0.3) is 34.0 Å². The van der Waals surface area contributed by atoms with Gasteiger partial charge in [-0.1, -0.05) is 118 Å². The highest BCUT2D eigenvalue weighted by molar-refractivity contribution is 6.43. The smallest absolute Gasteiger partial charge is 0.382 e. The van der Waals surface area contributed by atoms with E-state index >= 15 is 4.32 Å². The van der Waals surface area contributed by atoms with Crippen molar-refractivity contribution in [1.82, 2.24) is 4.48 Å². The molecule has 0 radical (unpaired) electrons. The summed E-state index contributed by atoms with van der Waals surface area (Å²) in [6.45, 7) is 9.46. The summed E-state index contributed by atoms with van der Waals surface area (Å²) >= 11 is 0. The molecule has 10 heteroatoms. The average molecular weight is 711 g/mol. The molecular weight excluding hydrogens is 673 g/mol. The topological polar surface area (TPSA) is 26.5 Å². The molecule has 0 aliphatic carbocycles. The maximum atomic E-state index is 16.6. The Bertz CT molecular complexity index is 2190. The molecule has 5 aromatic rings. The molecule has 1 aliphatic heterocycles. The number of allylic oxidation sites excluding steroid dienone is 2. The van der Waals surface area contributed by atoms with Gasteiger partial charge in [0.05, 0.1) is 11.4 Å². The number of nitrogens with zero attached hydrogens (tertiary/aromatic N) is 2. The van der Waals surface area contributed by atoms with Crippen molar-refractivity contribution in [2.45, 2.75) is 53.6 Å². The summed E-state index contributed by atoms with van der Waals surface area (Å²) in [6.07, 6.45) is -2.31. The summed E-state index contributed by atoms with van der Waals surface area (Å²) in [7, 11) is -2.73. The van der Waals surface area contributed by atoms with E-state index in [4.69, 9.17) is 9.65 Å². The fourth-order valence-corrected chi connectivity index (χ4v) is 6.45. The number of rotatable bonds is 9. The van der Waals surface area contributed by atoms with E-state index in [1.54, 1.807) is 24.3 Å². The predicted octanol–water partition coefficient (Wildman–Crippen LogP) is 11.6. The SMILES string of the molecule is Cc1ccc(C2=N/C(=C\c3c(-c4cc(C)cc(C)c4)cc(-c4ccc(C)cc4)n3B(F)OCC(F)(F)C(F)(F)F)C(c3cc(C)cc(C)c3)=C2)cc1. The molecule has 0 amide bonds. The summed E-state index contributed by atoms with van der Waals surface area (Å²) in [5, 5.41) is 0. The van der Waals surface area contributed by atoms with Crippen LogP contribution in [-0.2, 0) is 4.65 Å². The number of hydrogen-bond acceptors (Lipinski definition) is 2. The number of alkyl halides is 5. The van der Waals surface area contributed by atoms with Crippen molar-refractivity contribution in [1.29, 1.82) is 0 Å². The molecule has 3 nitrogen and oxygen atoms in total. The highest BCUT2D eigenvalue weighted by atomic mass is 19.4. The van der Waals surface area contributed by atoms with Gasteiger partial charge in [0, 0.05) is 28.1 Å². The molecule has 266 valence electrons. The van der Waals surface area contributed by atoms with Gasteiger partial charge < -0.3 is 9.13 Å². The van der Waals surface area contributed by atoms with Gasteiger partial charge in [-0.25, -0.2) is 4.99 Å². The lowest BCUT2D eigenvalue weighted by Crippen LogP contribution is -2.43. The fourth-order valence-electron chi connectivity index (χ4n) is 6.45. The van der Waals surface area contributed by atoms with Crippen molar-refractivity contribution in [3.8, 4) is 22.4 Å². The maximum Gasteiger partial charge on any atom is 0.638 e. The summed E-state index contributed by atoms with van der Waals surface area (Å²) in [4.78, 5) is 5.02. The molecule has 6 rings (SSSR count). The molecule has 0 saturated heterocycles. The Balaban J connectivity index is 1.64. The minimum atomic E-state index is -5.92. The third-order valence-corrected chi connectivity index (χ3v) is 8.93. The molecule has 4 aromatic carbocycles. The van der Waals surface area contributed by atoms with E-state index in [1.165, 1.54) is 0 Å². The number of aryl methyl sites for hydroxylation is 6. The Morgan fingerprint density at radius 2 is 1.13 bits per heavy atom. The molecule has 0 spiro atoms. The zero-order valence-corrected chi connectivity index (χ0v) is 29.7. The van der Waals surface area contributed by atoms with E-state index in [-0.39, 0.29) is 11.4 Å². The van der Waals surface area contributed by atoms with Gasteiger partial charge >= 0.3 is 19.4 Å². The van der Waals surface area contributed by atoms with Gasteiger partial charge in [0.25, 0.3) is 0 Å². The van der Waals surface area contributed by atoms with E-state index < -0.39 is 26.0 Å². The number of benzene rings is 4. The number of halogens is 6. The summed E-state index contributed by atoms with van der Waals surface area (Å²) < 4.78 is 90.2. The summed E-state index contributed by atoms with van der Waals surface area (Å²) in [6, 6.07) is 28.6. The molecule has 1 aliphatic rings. The molecule has 0 atom stereocenters. The monoisotopic (exact) mass is 710 g/mol. The van der Waals surface area contributed by atoms with Crippen molar-refractivity contribution in [2.24, 2.45) is 4.99 Å². The van der Waals surface area contributed by atoms with Crippen LogP contribution in [0.5, 0.6) is 0 Å². The minimum absolute atomic E-state index is 0.183. The van der Waals surface area contributed by atoms with Crippen LogP contribution >= 0.6 is 0 Å². The minimum Gasteiger partial charge on any atom is -0.382 e. The zero-order chi connectivity index (χ0) is 37.5. The highest BCUT2D eigenvalue weighted by Crippen LogP contribution is 2.41. The van der Waals surface area contributed by atoms with Gasteiger partial charge in [-0.15, -0.1) is 0 Å². The highest BCUT2D eigenvalue weighted by Gasteiger charge is 2.58. The molecule has 0 saturated carbocycles. The van der Waals surface area contributed by atoms with Crippen LogP contribution in [0.2, 0.25) is 0 Å². The van der Waals surface area contributed by atoms with Crippen molar-refractivity contribution < 1.29 is 30.9 Å². The normalized spacial score (nSPS) is 14.2. The second-order valence-electron chi connectivity index (χ2n) is 13.6. The van der Waals surface area contributed by atoms with E-state index in [0.29, 0.717) is 28.1 Å². The largest absolute Gasteiger partial charge is 0.638 e. The Morgan fingerprint density at radius 3 is 1.65 bits per heavy atom. The molecule has 0 N–H and O–H groups in total. The van der Waals surface area contributed by atoms with Crippen LogP contribution in [-0.4, -0.2) is 36.2 Å². The van der Waals surface area contributed by atoms with Crippen LogP contribution in [0.4, 0.5) is 26.3 Å². The van der Waals surface area contributed by atoms with Gasteiger partial charge in [-0.3, -0.25) is 4.32 Å². The first-order valence-corrected chi connectivity index (χ1v) is 16.8. The Hall–Kier alpha value is -5.09. The van der Waals surface area contributed by atoms with Crippen LogP contribution < -0.4 is 0 Å². The fraction of sp³-hybridized carbons (Fsp3) is 0.214. The first-order valence-electron chi connectivity index (χ1n) is 16.8. The lowest BCUT2D eigenvalue weighted by molar-refractivity contribution is -0.290. The third kappa shape index (κ3) is 7.72. The second kappa shape index (κ2) is 14.1. The number of aromatic nitrogens is 1. The number of aliphatic imine (C=N–C) groups is 1. The molecular formula is C42H37BF6N2O. The Morgan fingerprint density at radius 1 is 0.635 bits per heavy atom. The molecule has 52 heavy (non-hydrogen) atoms. The van der Waals surface area contributed by atoms with Gasteiger partial charge in [0.2, 0.25) is 0 Å². The van der Waals surface area contributed by atoms with E-state index in [0.717, 1.165) is 54.6 Å². The van der Waals surface area contributed by atoms with Crippen molar-refractivity contribution >= 4 is 24.7 Å². The van der Waals surface area contributed by atoms with Crippen LogP contribution in [0.3, 0.4) is 0 Å². The van der Waals surface area contributed by atoms with Gasteiger partial charge in [-0.05, 0) is 76.5 Å². The van der Waals surface area contributed by atoms with Crippen LogP contribution in [0.15, 0.2) is 108 Å². The molecule has 0 bridgehead atoms. The first-order chi connectivity index (χ1) is 24.5. The van der Waals surface area contributed by atoms with E-state index in [2.05, 4.69) is 0 Å². The zero-order valence-electron chi connectivity index (χ0n) is 29.7. The van der Waals surface area contributed by atoms with Crippen LogP contribution in [0, 0.1) is 41.5 Å². The molecule has 1 aromatic heterocycles. The number of hydrogen-bond donors (Lipinski definition) is 0. The second-order valence-corrected chi connectivity index (χ2v) is 13.6. The summed E-state index contributed by atoms with van der Waals surface area (Å²) in [5.74, 6) is -5.28. The van der Waals surface area contributed by atoms with Gasteiger partial charge in [0.1, 0.15) is 6.61 Å². The van der Waals surface area contributed by atoms with E-state index in [1.807, 2.05) is 120 Å². The standard InChI is InChI=1S/C42H37BF6N2O/c1-25-7-11-31(12-8-25)37-21-35(33-17-27(3)15-28(4)18-33)38(50-37)23-40-36(34-19-29(5)16-30(6)20-34)22-39(32-13-9-26(2)10-14-32)51(40)43(49)52-24-41(44,45)42(46,47)48/h7-23H,24H2,1-6H3/b38-23-. The van der Waals surface area contributed by atoms with Gasteiger partial charge in [-0.2, -0.15) is 22.0 Å². The van der Waals surface area contributed by atoms with Gasteiger partial charge in [0.15, 0.2) is 0 Å². The quantitative estimate of drug-likeness (QED) is 0.110. The van der Waals surface area contributed by atoms with E-state index in [9.17, 15) is 22.0 Å². The average Bonchev–Trinajstić information content (AvgIpc) is 3.65. The predicted molar refractivity (Wildman–Crippen MR) is 198 cm³/mol.